The molecule has 0 radical (unpaired) electrons. The number of esters is 1. The van der Waals surface area contributed by atoms with Crippen molar-refractivity contribution in [2.75, 3.05) is 0 Å². The van der Waals surface area contributed by atoms with Gasteiger partial charge in [-0.2, -0.15) is 0 Å². The van der Waals surface area contributed by atoms with Gasteiger partial charge < -0.3 is 45.1 Å². The molecular formula is C36H45NO12. The third-order valence-corrected chi connectivity index (χ3v) is 9.80. The topological polar surface area (TPSA) is 209 Å². The van der Waals surface area contributed by atoms with Crippen molar-refractivity contribution < 1.29 is 58.9 Å². The number of amides is 1. The van der Waals surface area contributed by atoms with Gasteiger partial charge in [-0.15, -0.1) is 0 Å². The van der Waals surface area contributed by atoms with E-state index in [2.05, 4.69) is 5.32 Å². The van der Waals surface area contributed by atoms with Crippen LogP contribution in [0.1, 0.15) is 86.4 Å². The first-order chi connectivity index (χ1) is 22.8. The highest BCUT2D eigenvalue weighted by Crippen LogP contribution is 2.53. The summed E-state index contributed by atoms with van der Waals surface area (Å²) in [5, 5.41) is 58.4. The molecule has 4 aliphatic rings. The van der Waals surface area contributed by atoms with E-state index in [1.807, 2.05) is 0 Å². The van der Waals surface area contributed by atoms with Gasteiger partial charge in [-0.3, -0.25) is 19.2 Å². The van der Waals surface area contributed by atoms with Gasteiger partial charge in [-0.05, 0) is 19.9 Å². The molecule has 0 saturated heterocycles. The van der Waals surface area contributed by atoms with Crippen LogP contribution >= 0.6 is 0 Å². The molecule has 1 aliphatic carbocycles. The molecule has 0 aromatic heterocycles. The molecule has 0 saturated carbocycles. The number of ether oxygens (including phenoxy) is 3. The minimum atomic E-state index is -1.89. The molecule has 10 atom stereocenters. The number of nitrogens with one attached hydrogen (secondary N) is 1. The Morgan fingerprint density at radius 3 is 2.18 bits per heavy atom. The Bertz CT molecular complexity index is 1660. The molecule has 6 N–H and O–H groups in total. The molecule has 13 nitrogen and oxygen atoms in total. The first kappa shape index (κ1) is 37.5. The van der Waals surface area contributed by atoms with Gasteiger partial charge in [-0.1, -0.05) is 45.9 Å². The molecule has 1 aromatic rings. The number of ketones is 2. The summed E-state index contributed by atoms with van der Waals surface area (Å²) in [7, 11) is 0. The molecule has 0 spiro atoms. The predicted molar refractivity (Wildman–Crippen MR) is 175 cm³/mol. The number of allylic oxidation sites excluding steroid dienone is 4. The molecule has 5 rings (SSSR count). The summed E-state index contributed by atoms with van der Waals surface area (Å²) in [6.07, 6.45) is 1.70. The lowest BCUT2D eigenvalue weighted by molar-refractivity contribution is -0.181. The van der Waals surface area contributed by atoms with Crippen LogP contribution in [0, 0.1) is 30.6 Å². The number of rotatable bonds is 1. The van der Waals surface area contributed by atoms with Crippen LogP contribution < -0.4 is 10.1 Å². The number of hydrogen-bond donors (Lipinski definition) is 6. The minimum absolute atomic E-state index is 0.0435. The maximum absolute atomic E-state index is 13.7. The van der Waals surface area contributed by atoms with E-state index in [0.29, 0.717) is 0 Å². The predicted octanol–water partition coefficient (Wildman–Crippen LogP) is 2.83. The monoisotopic (exact) mass is 683 g/mol. The van der Waals surface area contributed by atoms with Gasteiger partial charge in [0.1, 0.15) is 17.6 Å². The molecule has 1 amide bonds. The average molecular weight is 684 g/mol. The van der Waals surface area contributed by atoms with Crippen molar-refractivity contribution in [1.29, 1.82) is 0 Å². The van der Waals surface area contributed by atoms with E-state index in [0.717, 1.165) is 12.3 Å². The largest absolute Gasteiger partial charge is 0.507 e. The van der Waals surface area contributed by atoms with Crippen molar-refractivity contribution in [1.82, 2.24) is 5.32 Å². The Labute approximate surface area is 284 Å². The van der Waals surface area contributed by atoms with Crippen molar-refractivity contribution in [3.8, 4) is 11.5 Å². The quantitative estimate of drug-likeness (QED) is 0.236. The summed E-state index contributed by atoms with van der Waals surface area (Å²) in [5.41, 5.74) is -1.21. The van der Waals surface area contributed by atoms with E-state index >= 15 is 0 Å². The number of phenolic OH excluding ortho intramolecular Hbond substituents is 1. The Morgan fingerprint density at radius 2 is 1.55 bits per heavy atom. The van der Waals surface area contributed by atoms with Gasteiger partial charge in [0.25, 0.3) is 5.79 Å². The van der Waals surface area contributed by atoms with Gasteiger partial charge in [0.05, 0.1) is 35.8 Å². The number of fused-ring (bicyclic) bond motifs is 14. The number of benzene rings is 1. The van der Waals surface area contributed by atoms with Gasteiger partial charge in [0, 0.05) is 65.9 Å². The number of Topliss-reactive ketones (excluding diaryl/α,β-unsaturated/α-hetero) is 2. The summed E-state index contributed by atoms with van der Waals surface area (Å²) in [5.74, 6) is -8.26. The van der Waals surface area contributed by atoms with Crippen molar-refractivity contribution in [2.45, 2.75) is 91.7 Å². The SMILES string of the molecule is CC(=O)O[C@H]1[C@H](C)[C@H](O)[C@@H](C)[C@H](O)[C@@H](C)/C=C/C=C/C(=O)NC2=C(C)C(=O)c3c(c(O)c(C)c4c3[C@H](O)[C@](C)(O/C=C/[C@H](O)[C@H]1C)O4)C2=O. The summed E-state index contributed by atoms with van der Waals surface area (Å²) >= 11 is 0. The summed E-state index contributed by atoms with van der Waals surface area (Å²) in [6.45, 7) is 11.9. The number of aliphatic hydroxyl groups excluding tert-OH is 4. The lowest BCUT2D eigenvalue weighted by atomic mass is 9.78. The molecule has 0 unspecified atom stereocenters. The lowest BCUT2D eigenvalue weighted by Crippen LogP contribution is -2.46. The fourth-order valence-electron chi connectivity index (χ4n) is 6.59. The van der Waals surface area contributed by atoms with E-state index in [-0.39, 0.29) is 33.7 Å². The molecule has 13 heteroatoms. The molecule has 3 heterocycles. The second-order valence-electron chi connectivity index (χ2n) is 13.3. The zero-order chi connectivity index (χ0) is 36.7. The number of aromatic hydroxyl groups is 1. The second kappa shape index (κ2) is 14.3. The summed E-state index contributed by atoms with van der Waals surface area (Å²) in [4.78, 5) is 52.3. The van der Waals surface area contributed by atoms with E-state index < -0.39 is 94.7 Å². The van der Waals surface area contributed by atoms with Crippen LogP contribution in [0.15, 0.2) is 47.9 Å². The van der Waals surface area contributed by atoms with Crippen LogP contribution in [0.5, 0.6) is 11.5 Å². The normalized spacial score (nSPS) is 36.0. The van der Waals surface area contributed by atoms with Crippen molar-refractivity contribution in [3.05, 3.63) is 70.2 Å². The van der Waals surface area contributed by atoms with E-state index in [1.54, 1.807) is 33.8 Å². The molecule has 3 aliphatic heterocycles. The third-order valence-electron chi connectivity index (χ3n) is 9.80. The van der Waals surface area contributed by atoms with Gasteiger partial charge in [-0.25, -0.2) is 0 Å². The zero-order valence-corrected chi connectivity index (χ0v) is 28.8. The second-order valence-corrected chi connectivity index (χ2v) is 13.3. The van der Waals surface area contributed by atoms with Gasteiger partial charge >= 0.3 is 5.97 Å². The Balaban J connectivity index is 1.81. The van der Waals surface area contributed by atoms with Crippen LogP contribution in [0.4, 0.5) is 0 Å². The zero-order valence-electron chi connectivity index (χ0n) is 28.8. The highest BCUT2D eigenvalue weighted by molar-refractivity contribution is 6.29. The van der Waals surface area contributed by atoms with Crippen LogP contribution in [-0.4, -0.2) is 79.2 Å². The fraction of sp³-hybridized carbons (Fsp3) is 0.500. The van der Waals surface area contributed by atoms with E-state index in [4.69, 9.17) is 14.2 Å². The first-order valence-electron chi connectivity index (χ1n) is 16.1. The molecular weight excluding hydrogens is 638 g/mol. The van der Waals surface area contributed by atoms with Crippen LogP contribution in [0.25, 0.3) is 0 Å². The van der Waals surface area contributed by atoms with Crippen LogP contribution in [0.2, 0.25) is 0 Å². The van der Waals surface area contributed by atoms with Crippen LogP contribution in [0.3, 0.4) is 0 Å². The highest BCUT2D eigenvalue weighted by Gasteiger charge is 2.52. The Kier molecular flexibility index (Phi) is 10.9. The van der Waals surface area contributed by atoms with Crippen molar-refractivity contribution in [2.24, 2.45) is 23.7 Å². The van der Waals surface area contributed by atoms with Crippen molar-refractivity contribution >= 4 is 23.4 Å². The molecule has 5 bridgehead atoms. The van der Waals surface area contributed by atoms with E-state index in [9.17, 15) is 44.7 Å². The number of phenols is 1. The third kappa shape index (κ3) is 6.93. The van der Waals surface area contributed by atoms with E-state index in [1.165, 1.54) is 45.9 Å². The Hall–Kier alpha value is -4.30. The summed E-state index contributed by atoms with van der Waals surface area (Å²) < 4.78 is 17.3. The number of carbonyl (C=O) groups excluding carboxylic acids is 4. The number of carbonyl (C=O) groups is 4. The maximum Gasteiger partial charge on any atom is 0.302 e. The maximum atomic E-state index is 13.7. The minimum Gasteiger partial charge on any atom is -0.507 e. The van der Waals surface area contributed by atoms with Gasteiger partial charge in [0.15, 0.2) is 11.9 Å². The first-order valence-corrected chi connectivity index (χ1v) is 16.1. The van der Waals surface area contributed by atoms with Crippen LogP contribution in [-0.2, 0) is 19.1 Å². The lowest BCUT2D eigenvalue weighted by Gasteiger charge is -2.37. The smallest absolute Gasteiger partial charge is 0.302 e. The highest BCUT2D eigenvalue weighted by atomic mass is 16.7. The molecule has 0 fully saturated rings. The number of aliphatic hydroxyl groups is 4. The summed E-state index contributed by atoms with van der Waals surface area (Å²) in [6, 6.07) is 0. The van der Waals surface area contributed by atoms with Gasteiger partial charge in [0.2, 0.25) is 11.7 Å². The molecule has 1 aromatic carbocycles. The fourth-order valence-corrected chi connectivity index (χ4v) is 6.59. The van der Waals surface area contributed by atoms with Crippen molar-refractivity contribution in [3.63, 3.8) is 0 Å². The molecule has 49 heavy (non-hydrogen) atoms. The average Bonchev–Trinajstić information content (AvgIpc) is 3.31. The Morgan fingerprint density at radius 1 is 0.898 bits per heavy atom. The standard InChI is InChI=1S/C36H45NO12/c1-15-11-9-10-12-23(40)37-27-17(3)30(43)24-25(32(27)45)31(44)20(6)34-26(24)35(46)36(8,49-34)47-14-13-22(39)16(2)33(48-21(7)38)19(5)29(42)18(4)28(15)41/h9-16,18-19,22,28-29,33,35,39,41-42,44,46H,1-8H3,(H,37,40)/b11-9+,12-10+,14-13+/t15-,16+,18-,19+,22-,28+,29+,33+,35-,36+/m0/s1. The molecule has 266 valence electrons. The number of hydrogen-bond acceptors (Lipinski definition) is 12.